The van der Waals surface area contributed by atoms with E-state index >= 15 is 0 Å². The van der Waals surface area contributed by atoms with Crippen molar-refractivity contribution in [1.29, 1.82) is 0 Å². The number of hydrogen-bond donors (Lipinski definition) is 2. The van der Waals surface area contributed by atoms with Crippen LogP contribution in [0.1, 0.15) is 37.7 Å². The van der Waals surface area contributed by atoms with Crippen molar-refractivity contribution in [3.8, 4) is 0 Å². The number of benzene rings is 1. The molecule has 0 aromatic heterocycles. The van der Waals surface area contributed by atoms with E-state index in [9.17, 15) is 9.18 Å². The Bertz CT molecular complexity index is 450. The highest BCUT2D eigenvalue weighted by atomic mass is 19.1. The molecule has 0 saturated heterocycles. The Hall–Kier alpha value is -1.42. The van der Waals surface area contributed by atoms with Gasteiger partial charge in [0.15, 0.2) is 0 Å². The van der Waals surface area contributed by atoms with Gasteiger partial charge in [0.25, 0.3) is 0 Å². The molecular formula is C16H23FN2O. The molecule has 4 heteroatoms. The van der Waals surface area contributed by atoms with Crippen molar-refractivity contribution in [2.45, 2.75) is 44.6 Å². The Morgan fingerprint density at radius 1 is 1.25 bits per heavy atom. The molecule has 1 aliphatic rings. The van der Waals surface area contributed by atoms with Crippen LogP contribution < -0.4 is 11.1 Å². The van der Waals surface area contributed by atoms with Crippen molar-refractivity contribution in [2.24, 2.45) is 11.7 Å². The maximum absolute atomic E-state index is 13.5. The quantitative estimate of drug-likeness (QED) is 0.831. The van der Waals surface area contributed by atoms with Crippen molar-refractivity contribution in [1.82, 2.24) is 5.32 Å². The van der Waals surface area contributed by atoms with Crippen molar-refractivity contribution in [2.75, 3.05) is 6.54 Å². The number of rotatable bonds is 4. The third-order valence-electron chi connectivity index (χ3n) is 4.06. The predicted octanol–water partition coefficient (Wildman–Crippen LogP) is 2.39. The van der Waals surface area contributed by atoms with Gasteiger partial charge in [-0.1, -0.05) is 37.5 Å². The first-order valence-corrected chi connectivity index (χ1v) is 7.45. The highest BCUT2D eigenvalue weighted by Gasteiger charge is 2.26. The molecule has 2 atom stereocenters. The van der Waals surface area contributed by atoms with Gasteiger partial charge >= 0.3 is 0 Å². The number of nitrogens with one attached hydrogen (secondary N) is 1. The van der Waals surface area contributed by atoms with Crippen LogP contribution in [0.5, 0.6) is 0 Å². The highest BCUT2D eigenvalue weighted by Crippen LogP contribution is 2.22. The van der Waals surface area contributed by atoms with E-state index in [1.54, 1.807) is 18.2 Å². The van der Waals surface area contributed by atoms with E-state index in [0.717, 1.165) is 32.1 Å². The molecule has 1 aromatic carbocycles. The van der Waals surface area contributed by atoms with Gasteiger partial charge in [0.1, 0.15) is 5.82 Å². The molecule has 20 heavy (non-hydrogen) atoms. The van der Waals surface area contributed by atoms with E-state index in [-0.39, 0.29) is 23.7 Å². The molecule has 3 N–H and O–H groups in total. The Labute approximate surface area is 119 Å². The van der Waals surface area contributed by atoms with E-state index in [2.05, 4.69) is 5.32 Å². The molecule has 0 radical (unpaired) electrons. The average molecular weight is 278 g/mol. The van der Waals surface area contributed by atoms with Gasteiger partial charge < -0.3 is 11.1 Å². The zero-order valence-corrected chi connectivity index (χ0v) is 11.8. The fraction of sp³-hybridized carbons (Fsp3) is 0.562. The minimum Gasteiger partial charge on any atom is -0.355 e. The lowest BCUT2D eigenvalue weighted by Gasteiger charge is -2.20. The van der Waals surface area contributed by atoms with E-state index in [4.69, 9.17) is 5.73 Å². The Morgan fingerprint density at radius 2 is 2.00 bits per heavy atom. The summed E-state index contributed by atoms with van der Waals surface area (Å²) in [6.07, 6.45) is 5.64. The summed E-state index contributed by atoms with van der Waals surface area (Å²) in [7, 11) is 0. The number of carbonyl (C=O) groups excluding carboxylic acids is 1. The number of amides is 1. The third-order valence-corrected chi connectivity index (χ3v) is 4.06. The summed E-state index contributed by atoms with van der Waals surface area (Å²) >= 11 is 0. The van der Waals surface area contributed by atoms with E-state index < -0.39 is 0 Å². The number of halogens is 1. The van der Waals surface area contributed by atoms with Gasteiger partial charge in [0.2, 0.25) is 5.91 Å². The minimum atomic E-state index is -0.215. The van der Waals surface area contributed by atoms with E-state index in [1.165, 1.54) is 6.07 Å². The molecular weight excluding hydrogens is 255 g/mol. The molecule has 1 saturated carbocycles. The standard InChI is InChI=1S/C16H23FN2O/c17-14-8-5-4-6-12(14)10-11-19-16(20)13-7-2-1-3-9-15(13)18/h4-6,8,13,15H,1-3,7,9-11,18H2,(H,19,20). The fourth-order valence-electron chi connectivity index (χ4n) is 2.81. The number of carbonyl (C=O) groups is 1. The Morgan fingerprint density at radius 3 is 2.80 bits per heavy atom. The SMILES string of the molecule is NC1CCCCCC1C(=O)NCCc1ccccc1F. The monoisotopic (exact) mass is 278 g/mol. The smallest absolute Gasteiger partial charge is 0.224 e. The van der Waals surface area contributed by atoms with Gasteiger partial charge in [-0.05, 0) is 30.9 Å². The molecule has 1 fully saturated rings. The molecule has 2 rings (SSSR count). The molecule has 0 spiro atoms. The topological polar surface area (TPSA) is 55.1 Å². The molecule has 2 unspecified atom stereocenters. The lowest BCUT2D eigenvalue weighted by Crippen LogP contribution is -2.41. The molecule has 3 nitrogen and oxygen atoms in total. The molecule has 0 heterocycles. The predicted molar refractivity (Wildman–Crippen MR) is 77.7 cm³/mol. The van der Waals surface area contributed by atoms with Gasteiger partial charge in [-0.3, -0.25) is 4.79 Å². The Balaban J connectivity index is 1.81. The largest absolute Gasteiger partial charge is 0.355 e. The summed E-state index contributed by atoms with van der Waals surface area (Å²) < 4.78 is 13.5. The lowest BCUT2D eigenvalue weighted by molar-refractivity contribution is -0.125. The molecule has 1 aliphatic carbocycles. The molecule has 0 bridgehead atoms. The van der Waals surface area contributed by atoms with Crippen LogP contribution in [0, 0.1) is 11.7 Å². The van der Waals surface area contributed by atoms with Crippen LogP contribution in [-0.4, -0.2) is 18.5 Å². The van der Waals surface area contributed by atoms with Crippen LogP contribution in [0.4, 0.5) is 4.39 Å². The summed E-state index contributed by atoms with van der Waals surface area (Å²) in [6, 6.07) is 6.63. The van der Waals surface area contributed by atoms with Gasteiger partial charge in [-0.15, -0.1) is 0 Å². The second-order valence-electron chi connectivity index (χ2n) is 5.54. The second-order valence-corrected chi connectivity index (χ2v) is 5.54. The van der Waals surface area contributed by atoms with Crippen LogP contribution in [-0.2, 0) is 11.2 Å². The average Bonchev–Trinajstić information content (AvgIpc) is 2.65. The van der Waals surface area contributed by atoms with Crippen LogP contribution in [0.15, 0.2) is 24.3 Å². The van der Waals surface area contributed by atoms with E-state index in [1.807, 2.05) is 0 Å². The van der Waals surface area contributed by atoms with Crippen molar-refractivity contribution < 1.29 is 9.18 Å². The molecule has 0 aliphatic heterocycles. The lowest BCUT2D eigenvalue weighted by atomic mass is 9.94. The van der Waals surface area contributed by atoms with Crippen molar-refractivity contribution in [3.05, 3.63) is 35.6 Å². The second kappa shape index (κ2) is 7.39. The maximum atomic E-state index is 13.5. The van der Waals surface area contributed by atoms with Gasteiger partial charge in [-0.2, -0.15) is 0 Å². The number of nitrogens with two attached hydrogens (primary N) is 1. The first kappa shape index (κ1) is 15.0. The first-order valence-electron chi connectivity index (χ1n) is 7.45. The number of hydrogen-bond acceptors (Lipinski definition) is 2. The summed E-state index contributed by atoms with van der Waals surface area (Å²) in [5, 5.41) is 2.90. The Kier molecular flexibility index (Phi) is 5.53. The maximum Gasteiger partial charge on any atom is 0.224 e. The van der Waals surface area contributed by atoms with Crippen LogP contribution >= 0.6 is 0 Å². The van der Waals surface area contributed by atoms with E-state index in [0.29, 0.717) is 18.5 Å². The summed E-state index contributed by atoms with van der Waals surface area (Å²) in [4.78, 5) is 12.2. The first-order chi connectivity index (χ1) is 9.68. The minimum absolute atomic E-state index is 0.0238. The summed E-state index contributed by atoms with van der Waals surface area (Å²) in [5.74, 6) is -0.276. The highest BCUT2D eigenvalue weighted by molar-refractivity contribution is 5.79. The fourth-order valence-corrected chi connectivity index (χ4v) is 2.81. The summed E-state index contributed by atoms with van der Waals surface area (Å²) in [6.45, 7) is 0.461. The van der Waals surface area contributed by atoms with Gasteiger partial charge in [0.05, 0.1) is 5.92 Å². The van der Waals surface area contributed by atoms with Crippen LogP contribution in [0.25, 0.3) is 0 Å². The molecule has 110 valence electrons. The third kappa shape index (κ3) is 4.04. The van der Waals surface area contributed by atoms with Gasteiger partial charge in [-0.25, -0.2) is 4.39 Å². The normalized spacial score (nSPS) is 23.1. The zero-order chi connectivity index (χ0) is 14.4. The van der Waals surface area contributed by atoms with Crippen LogP contribution in [0.2, 0.25) is 0 Å². The summed E-state index contributed by atoms with van der Waals surface area (Å²) in [5.41, 5.74) is 6.70. The van der Waals surface area contributed by atoms with Crippen molar-refractivity contribution in [3.63, 3.8) is 0 Å². The van der Waals surface area contributed by atoms with Crippen molar-refractivity contribution >= 4 is 5.91 Å². The van der Waals surface area contributed by atoms with Gasteiger partial charge in [0, 0.05) is 12.6 Å². The molecule has 1 amide bonds. The van der Waals surface area contributed by atoms with Crippen LogP contribution in [0.3, 0.4) is 0 Å². The molecule has 1 aromatic rings. The zero-order valence-electron chi connectivity index (χ0n) is 11.8.